The fourth-order valence-corrected chi connectivity index (χ4v) is 5.79. The van der Waals surface area contributed by atoms with Crippen LogP contribution in [0.3, 0.4) is 0 Å². The topological polar surface area (TPSA) is 0 Å². The van der Waals surface area contributed by atoms with E-state index in [-0.39, 0.29) is 0 Å². The molecule has 0 bridgehead atoms. The highest BCUT2D eigenvalue weighted by Gasteiger charge is 2.31. The zero-order valence-corrected chi connectivity index (χ0v) is 17.5. The van der Waals surface area contributed by atoms with E-state index >= 15 is 0 Å². The molecule has 0 aromatic heterocycles. The van der Waals surface area contributed by atoms with Gasteiger partial charge < -0.3 is 0 Å². The minimum Gasteiger partial charge on any atom is -0.0989 e. The first kappa shape index (κ1) is 18.4. The Kier molecular flexibility index (Phi) is 6.36. The van der Waals surface area contributed by atoms with Crippen molar-refractivity contribution in [2.45, 2.75) is 83.4 Å². The van der Waals surface area contributed by atoms with E-state index in [2.05, 4.69) is 77.6 Å². The standard InChI is InChI=1S/C15H36Si3/c1-14(17(5,6)7)13-15(18(8,9)10)11-12-16(2,3)4/h11-12,14-15H,13H2,1-10H3/b12-11-. The molecule has 0 aromatic carbocycles. The van der Waals surface area contributed by atoms with Crippen molar-refractivity contribution in [3.63, 3.8) is 0 Å². The van der Waals surface area contributed by atoms with Gasteiger partial charge in [-0.1, -0.05) is 77.6 Å². The molecule has 2 atom stereocenters. The van der Waals surface area contributed by atoms with Gasteiger partial charge >= 0.3 is 0 Å². The van der Waals surface area contributed by atoms with Crippen LogP contribution < -0.4 is 0 Å². The SMILES string of the molecule is CC(CC(/C=C\[Si](C)(C)C)[Si](C)(C)C)[Si](C)(C)C. The highest BCUT2D eigenvalue weighted by atomic mass is 28.3. The lowest BCUT2D eigenvalue weighted by Gasteiger charge is -2.34. The molecule has 0 spiro atoms. The van der Waals surface area contributed by atoms with E-state index in [1.165, 1.54) is 6.42 Å². The van der Waals surface area contributed by atoms with E-state index in [0.717, 1.165) is 11.1 Å². The predicted molar refractivity (Wildman–Crippen MR) is 97.0 cm³/mol. The first-order valence-corrected chi connectivity index (χ1v) is 18.2. The Morgan fingerprint density at radius 1 is 0.778 bits per heavy atom. The molecule has 3 heteroatoms. The van der Waals surface area contributed by atoms with Crippen LogP contribution in [0.1, 0.15) is 13.3 Å². The maximum Gasteiger partial charge on any atom is 0.0682 e. The Morgan fingerprint density at radius 3 is 1.50 bits per heavy atom. The van der Waals surface area contributed by atoms with E-state index in [0.29, 0.717) is 0 Å². The number of rotatable bonds is 6. The van der Waals surface area contributed by atoms with Gasteiger partial charge in [0.15, 0.2) is 0 Å². The maximum absolute atomic E-state index is 2.61. The zero-order valence-electron chi connectivity index (χ0n) is 14.5. The maximum atomic E-state index is 2.61. The Hall–Kier alpha value is 0.391. The van der Waals surface area contributed by atoms with Crippen molar-refractivity contribution in [1.29, 1.82) is 0 Å². The molecule has 0 aliphatic carbocycles. The van der Waals surface area contributed by atoms with Crippen LogP contribution in [-0.2, 0) is 0 Å². The Bertz CT molecular complexity index is 274. The van der Waals surface area contributed by atoms with Crippen LogP contribution in [0, 0.1) is 0 Å². The number of allylic oxidation sites excluding steroid dienone is 1. The molecule has 0 nitrogen and oxygen atoms in total. The smallest absolute Gasteiger partial charge is 0.0682 e. The molecule has 0 rings (SSSR count). The summed E-state index contributed by atoms with van der Waals surface area (Å²) in [5, 5.41) is 0. The van der Waals surface area contributed by atoms with Crippen LogP contribution in [0.5, 0.6) is 0 Å². The van der Waals surface area contributed by atoms with Crippen LogP contribution in [0.15, 0.2) is 11.8 Å². The molecule has 0 N–H and O–H groups in total. The molecule has 0 saturated heterocycles. The Balaban J connectivity index is 4.89. The zero-order chi connectivity index (χ0) is 14.8. The minimum atomic E-state index is -1.07. The van der Waals surface area contributed by atoms with E-state index < -0.39 is 24.2 Å². The van der Waals surface area contributed by atoms with Gasteiger partial charge in [-0.05, 0) is 17.5 Å². The van der Waals surface area contributed by atoms with Gasteiger partial charge in [-0.15, -0.1) is 0 Å². The summed E-state index contributed by atoms with van der Waals surface area (Å²) < 4.78 is 0. The van der Waals surface area contributed by atoms with Gasteiger partial charge in [0.05, 0.1) is 16.1 Å². The number of hydrogen-bond acceptors (Lipinski definition) is 0. The van der Waals surface area contributed by atoms with Crippen molar-refractivity contribution in [2.24, 2.45) is 0 Å². The largest absolute Gasteiger partial charge is 0.0989 e. The lowest BCUT2D eigenvalue weighted by molar-refractivity contribution is 0.763. The first-order chi connectivity index (χ1) is 7.73. The molecule has 0 saturated carbocycles. The molecule has 18 heavy (non-hydrogen) atoms. The molecule has 0 amide bonds. The third-order valence-electron chi connectivity index (χ3n) is 4.03. The van der Waals surface area contributed by atoms with Gasteiger partial charge in [0.1, 0.15) is 0 Å². The van der Waals surface area contributed by atoms with Gasteiger partial charge in [0, 0.05) is 8.07 Å². The van der Waals surface area contributed by atoms with Gasteiger partial charge in [0.2, 0.25) is 0 Å². The highest BCUT2D eigenvalue weighted by Crippen LogP contribution is 2.37. The summed E-state index contributed by atoms with van der Waals surface area (Å²) in [5.41, 5.74) is 4.37. The molecule has 0 aliphatic rings. The summed E-state index contributed by atoms with van der Waals surface area (Å²) >= 11 is 0. The first-order valence-electron chi connectivity index (χ1n) is 7.43. The highest BCUT2D eigenvalue weighted by molar-refractivity contribution is 6.82. The van der Waals surface area contributed by atoms with Gasteiger partial charge in [0.25, 0.3) is 0 Å². The second kappa shape index (κ2) is 6.23. The molecule has 0 fully saturated rings. The van der Waals surface area contributed by atoms with Crippen molar-refractivity contribution < 1.29 is 0 Å². The fraction of sp³-hybridized carbons (Fsp3) is 0.867. The van der Waals surface area contributed by atoms with Crippen molar-refractivity contribution in [3.8, 4) is 0 Å². The van der Waals surface area contributed by atoms with Crippen LogP contribution in [-0.4, -0.2) is 24.2 Å². The summed E-state index contributed by atoms with van der Waals surface area (Å²) in [5.74, 6) is 0. The molecule has 0 radical (unpaired) electrons. The Morgan fingerprint density at radius 2 is 1.22 bits per heavy atom. The monoisotopic (exact) mass is 300 g/mol. The molecular formula is C15H36Si3. The average Bonchev–Trinajstić information content (AvgIpc) is 2.06. The lowest BCUT2D eigenvalue weighted by Crippen LogP contribution is -2.33. The fourth-order valence-electron chi connectivity index (χ4n) is 1.86. The second-order valence-corrected chi connectivity index (χ2v) is 25.5. The van der Waals surface area contributed by atoms with Crippen molar-refractivity contribution >= 4 is 24.2 Å². The average molecular weight is 301 g/mol. The van der Waals surface area contributed by atoms with Crippen LogP contribution in [0.25, 0.3) is 0 Å². The van der Waals surface area contributed by atoms with Crippen molar-refractivity contribution in [2.75, 3.05) is 0 Å². The molecule has 0 heterocycles. The Labute approximate surface area is 119 Å². The van der Waals surface area contributed by atoms with E-state index in [1.54, 1.807) is 0 Å². The summed E-state index contributed by atoms with van der Waals surface area (Å²) in [6.07, 6.45) is 4.03. The summed E-state index contributed by atoms with van der Waals surface area (Å²) in [7, 11) is -3.09. The summed E-state index contributed by atoms with van der Waals surface area (Å²) in [4.78, 5) is 0. The van der Waals surface area contributed by atoms with Crippen molar-refractivity contribution in [3.05, 3.63) is 11.8 Å². The quantitative estimate of drug-likeness (QED) is 0.509. The summed E-state index contributed by atoms with van der Waals surface area (Å²) in [6.45, 7) is 24.9. The van der Waals surface area contributed by atoms with Crippen molar-refractivity contribution in [1.82, 2.24) is 0 Å². The molecule has 108 valence electrons. The van der Waals surface area contributed by atoms with E-state index in [9.17, 15) is 0 Å². The van der Waals surface area contributed by atoms with Crippen LogP contribution in [0.4, 0.5) is 0 Å². The normalized spacial score (nSPS) is 18.1. The predicted octanol–water partition coefficient (Wildman–Crippen LogP) is 6.25. The van der Waals surface area contributed by atoms with Gasteiger partial charge in [-0.3, -0.25) is 0 Å². The van der Waals surface area contributed by atoms with Crippen LogP contribution >= 0.6 is 0 Å². The van der Waals surface area contributed by atoms with Crippen LogP contribution in [0.2, 0.25) is 70.0 Å². The third-order valence-corrected chi connectivity index (χ3v) is 11.1. The van der Waals surface area contributed by atoms with Gasteiger partial charge in [-0.2, -0.15) is 0 Å². The van der Waals surface area contributed by atoms with Gasteiger partial charge in [-0.25, -0.2) is 0 Å². The molecular weight excluding hydrogens is 264 g/mol. The number of hydrogen-bond donors (Lipinski definition) is 0. The van der Waals surface area contributed by atoms with E-state index in [1.807, 2.05) is 0 Å². The third kappa shape index (κ3) is 7.74. The molecule has 0 aromatic rings. The molecule has 2 unspecified atom stereocenters. The second-order valence-electron chi connectivity index (χ2n) is 9.20. The minimum absolute atomic E-state index is 0.867. The molecule has 0 aliphatic heterocycles. The summed E-state index contributed by atoms with van der Waals surface area (Å²) in [6, 6.07) is 0. The van der Waals surface area contributed by atoms with E-state index in [4.69, 9.17) is 0 Å². The lowest BCUT2D eigenvalue weighted by atomic mass is 10.2.